The Bertz CT molecular complexity index is 1130. The summed E-state index contributed by atoms with van der Waals surface area (Å²) in [4.78, 5) is 15.5. The van der Waals surface area contributed by atoms with E-state index in [0.29, 0.717) is 5.92 Å². The van der Waals surface area contributed by atoms with Gasteiger partial charge in [0, 0.05) is 41.2 Å². The molecule has 0 saturated heterocycles. The number of carbonyl (C=O) groups is 1. The molecule has 0 radical (unpaired) electrons. The SMILES string of the molecule is C.O=C([O-])C[C@@H](O)C[C@H](O)/C=C/c1c(C2CC2)nc2ccccc2c1-c1ccc(F)cc1.[Ca+2]. The standard InChI is InChI=1S/C25H24FNO4.CH4.Ca/c26-17-9-7-15(8-10-17)24-20-3-1-2-4-22(20)27-25(16-5-6-16)21(24)12-11-18(28)13-19(29)14-23(30)31;;/h1-4,7-12,16,18-19,28-29H,5-6,13-14H2,(H,30,31);1H4;/q;;+2/p-1/b12-11+;;/t18-,19+;;/m1../s1. The monoisotopic (exact) mass is 476 g/mol. The predicted molar refractivity (Wildman–Crippen MR) is 127 cm³/mol. The molecular weight excluding hydrogens is 449 g/mol. The number of aliphatic hydroxyl groups is 2. The molecule has 0 bridgehead atoms. The third-order valence-corrected chi connectivity index (χ3v) is 5.46. The predicted octanol–water partition coefficient (Wildman–Crippen LogP) is 3.44. The van der Waals surface area contributed by atoms with Crippen LogP contribution in [-0.4, -0.2) is 71.1 Å². The average Bonchev–Trinajstić information content (AvgIpc) is 3.56. The number of carbonyl (C=O) groups excluding carboxylic acids is 1. The zero-order valence-electron chi connectivity index (χ0n) is 17.6. The van der Waals surface area contributed by atoms with Gasteiger partial charge in [-0.1, -0.05) is 49.9 Å². The fourth-order valence-electron chi connectivity index (χ4n) is 3.85. The van der Waals surface area contributed by atoms with Gasteiger partial charge in [-0.15, -0.1) is 0 Å². The molecule has 0 spiro atoms. The van der Waals surface area contributed by atoms with Gasteiger partial charge in [0.05, 0.1) is 23.4 Å². The van der Waals surface area contributed by atoms with Gasteiger partial charge in [-0.05, 0) is 36.6 Å². The molecule has 2 N–H and O–H groups in total. The molecule has 1 saturated carbocycles. The molecule has 5 nitrogen and oxygen atoms in total. The van der Waals surface area contributed by atoms with E-state index in [1.54, 1.807) is 24.3 Å². The third-order valence-electron chi connectivity index (χ3n) is 5.46. The first-order valence-corrected chi connectivity index (χ1v) is 10.3. The van der Waals surface area contributed by atoms with Gasteiger partial charge < -0.3 is 20.1 Å². The second-order valence-electron chi connectivity index (χ2n) is 7.98. The normalized spacial score (nSPS) is 15.0. The maximum Gasteiger partial charge on any atom is 2.00 e. The molecule has 0 unspecified atom stereocenters. The Morgan fingerprint density at radius 2 is 1.82 bits per heavy atom. The van der Waals surface area contributed by atoms with E-state index in [1.165, 1.54) is 12.1 Å². The first kappa shape index (κ1) is 27.4. The van der Waals surface area contributed by atoms with E-state index >= 15 is 0 Å². The minimum Gasteiger partial charge on any atom is -0.550 e. The number of hydrogen-bond acceptors (Lipinski definition) is 5. The fraction of sp³-hybridized carbons (Fsp3) is 0.308. The van der Waals surface area contributed by atoms with Crippen LogP contribution in [0.25, 0.3) is 28.1 Å². The number of para-hydroxylation sites is 1. The van der Waals surface area contributed by atoms with Crippen LogP contribution >= 0.6 is 0 Å². The Hall–Kier alpha value is -1.83. The number of fused-ring (bicyclic) bond motifs is 1. The van der Waals surface area contributed by atoms with Gasteiger partial charge in [0.1, 0.15) is 5.82 Å². The fourth-order valence-corrected chi connectivity index (χ4v) is 3.85. The summed E-state index contributed by atoms with van der Waals surface area (Å²) in [6.07, 6.45) is 2.51. The smallest absolute Gasteiger partial charge is 0.550 e. The van der Waals surface area contributed by atoms with E-state index < -0.39 is 24.6 Å². The van der Waals surface area contributed by atoms with Crippen molar-refractivity contribution in [1.82, 2.24) is 4.98 Å². The van der Waals surface area contributed by atoms with Gasteiger partial charge in [0.25, 0.3) is 0 Å². The summed E-state index contributed by atoms with van der Waals surface area (Å²) in [5, 5.41) is 31.7. The van der Waals surface area contributed by atoms with Crippen molar-refractivity contribution in [3.8, 4) is 11.1 Å². The first-order valence-electron chi connectivity index (χ1n) is 10.3. The van der Waals surface area contributed by atoms with Crippen molar-refractivity contribution < 1.29 is 24.5 Å². The van der Waals surface area contributed by atoms with E-state index in [9.17, 15) is 24.5 Å². The first-order chi connectivity index (χ1) is 14.9. The van der Waals surface area contributed by atoms with Crippen LogP contribution < -0.4 is 5.11 Å². The van der Waals surface area contributed by atoms with Crippen molar-refractivity contribution in [2.24, 2.45) is 0 Å². The maximum atomic E-state index is 13.6. The van der Waals surface area contributed by atoms with Crippen molar-refractivity contribution in [3.63, 3.8) is 0 Å². The molecule has 3 aromatic rings. The zero-order valence-corrected chi connectivity index (χ0v) is 19.8. The Morgan fingerprint density at radius 1 is 1.15 bits per heavy atom. The summed E-state index contributed by atoms with van der Waals surface area (Å²) >= 11 is 0. The van der Waals surface area contributed by atoms with E-state index in [1.807, 2.05) is 24.3 Å². The summed E-state index contributed by atoms with van der Waals surface area (Å²) in [5.41, 5.74) is 4.38. The van der Waals surface area contributed by atoms with Crippen molar-refractivity contribution in [2.75, 3.05) is 0 Å². The van der Waals surface area contributed by atoms with Crippen molar-refractivity contribution >= 4 is 60.7 Å². The number of carboxylic acid groups (broad SMARTS) is 1. The van der Waals surface area contributed by atoms with Gasteiger partial charge in [0.2, 0.25) is 0 Å². The van der Waals surface area contributed by atoms with Crippen LogP contribution in [-0.2, 0) is 4.79 Å². The molecule has 0 aliphatic heterocycles. The number of aromatic nitrogens is 1. The molecule has 1 aliphatic carbocycles. The molecule has 0 amide bonds. The Labute approximate surface area is 223 Å². The number of aliphatic hydroxyl groups excluding tert-OH is 2. The largest absolute Gasteiger partial charge is 2.00 e. The van der Waals surface area contributed by atoms with Gasteiger partial charge in [-0.25, -0.2) is 4.39 Å². The number of halogens is 1. The van der Waals surface area contributed by atoms with Gasteiger partial charge in [0.15, 0.2) is 0 Å². The number of carboxylic acids is 1. The molecule has 7 heteroatoms. The zero-order chi connectivity index (χ0) is 22.0. The van der Waals surface area contributed by atoms with Crippen LogP contribution in [0.1, 0.15) is 50.3 Å². The Morgan fingerprint density at radius 3 is 2.45 bits per heavy atom. The molecule has 33 heavy (non-hydrogen) atoms. The number of rotatable bonds is 8. The number of nitrogens with zero attached hydrogens (tertiary/aromatic N) is 1. The summed E-state index contributed by atoms with van der Waals surface area (Å²) < 4.78 is 13.6. The van der Waals surface area contributed by atoms with Crippen molar-refractivity contribution in [3.05, 3.63) is 71.7 Å². The minimum absolute atomic E-state index is 0. The number of hydrogen-bond donors (Lipinski definition) is 2. The molecule has 1 fully saturated rings. The van der Waals surface area contributed by atoms with Crippen LogP contribution in [0.5, 0.6) is 0 Å². The maximum absolute atomic E-state index is 13.6. The van der Waals surface area contributed by atoms with Crippen molar-refractivity contribution in [1.29, 1.82) is 0 Å². The van der Waals surface area contributed by atoms with E-state index in [4.69, 9.17) is 4.98 Å². The Balaban J connectivity index is 0.00000193. The molecule has 168 valence electrons. The quantitative estimate of drug-likeness (QED) is 0.486. The topological polar surface area (TPSA) is 93.5 Å². The van der Waals surface area contributed by atoms with Crippen LogP contribution in [0.3, 0.4) is 0 Å². The third kappa shape index (κ3) is 6.84. The molecule has 1 aromatic heterocycles. The molecule has 2 aromatic carbocycles. The number of pyridine rings is 1. The number of benzene rings is 2. The van der Waals surface area contributed by atoms with E-state index in [-0.39, 0.29) is 57.4 Å². The van der Waals surface area contributed by atoms with Crippen LogP contribution in [0.4, 0.5) is 4.39 Å². The summed E-state index contributed by atoms with van der Waals surface area (Å²) in [7, 11) is 0. The van der Waals surface area contributed by atoms with Crippen molar-refractivity contribution in [2.45, 2.75) is 51.2 Å². The number of aliphatic carboxylic acids is 1. The van der Waals surface area contributed by atoms with Gasteiger partial charge in [-0.3, -0.25) is 4.98 Å². The second-order valence-corrected chi connectivity index (χ2v) is 7.98. The Kier molecular flexibility index (Phi) is 10.0. The summed E-state index contributed by atoms with van der Waals surface area (Å²) in [5.74, 6) is -1.36. The minimum atomic E-state index is -1.36. The molecule has 1 aliphatic rings. The van der Waals surface area contributed by atoms with Gasteiger partial charge >= 0.3 is 37.7 Å². The molecule has 1 heterocycles. The van der Waals surface area contributed by atoms with Gasteiger partial charge in [-0.2, -0.15) is 0 Å². The average molecular weight is 477 g/mol. The summed E-state index contributed by atoms with van der Waals surface area (Å²) in [6, 6.07) is 14.1. The van der Waals surface area contributed by atoms with Crippen LogP contribution in [0, 0.1) is 5.82 Å². The van der Waals surface area contributed by atoms with E-state index in [0.717, 1.165) is 46.1 Å². The molecule has 4 rings (SSSR count). The van der Waals surface area contributed by atoms with Crippen LogP contribution in [0.15, 0.2) is 54.6 Å². The van der Waals surface area contributed by atoms with E-state index in [2.05, 4.69) is 0 Å². The summed E-state index contributed by atoms with van der Waals surface area (Å²) in [6.45, 7) is 0. The molecule has 2 atom stereocenters. The molecular formula is C26H27CaFNO4+. The van der Waals surface area contributed by atoms with Crippen LogP contribution in [0.2, 0.25) is 0 Å². The second kappa shape index (κ2) is 12.0.